The fourth-order valence-corrected chi connectivity index (χ4v) is 5.97. The summed E-state index contributed by atoms with van der Waals surface area (Å²) in [5.74, 6) is -2.97. The fourth-order valence-electron chi connectivity index (χ4n) is 4.73. The molecule has 1 N–H and O–H groups in total. The van der Waals surface area contributed by atoms with Gasteiger partial charge in [0.2, 0.25) is 0 Å². The molecule has 3 rings (SSSR count). The molecule has 0 aliphatic carbocycles. The van der Waals surface area contributed by atoms with Gasteiger partial charge in [0.25, 0.3) is 0 Å². The van der Waals surface area contributed by atoms with Gasteiger partial charge in [0.1, 0.15) is 17.4 Å². The van der Waals surface area contributed by atoms with Gasteiger partial charge >= 0.3 is 12.1 Å². The van der Waals surface area contributed by atoms with E-state index in [4.69, 9.17) is 21.4 Å². The van der Waals surface area contributed by atoms with Gasteiger partial charge in [0, 0.05) is 42.9 Å². The summed E-state index contributed by atoms with van der Waals surface area (Å²) in [5.41, 5.74) is -0.940. The van der Waals surface area contributed by atoms with Crippen LogP contribution in [0, 0.1) is 11.6 Å². The molecule has 0 fully saturated rings. The lowest BCUT2D eigenvalue weighted by Gasteiger charge is -2.34. The summed E-state index contributed by atoms with van der Waals surface area (Å²) in [5, 5.41) is 8.63. The first kappa shape index (κ1) is 34.3. The molecule has 0 heterocycles. The van der Waals surface area contributed by atoms with Gasteiger partial charge in [0.15, 0.2) is 9.84 Å². The van der Waals surface area contributed by atoms with Crippen molar-refractivity contribution >= 4 is 27.4 Å². The molecule has 6 nitrogen and oxygen atoms in total. The Morgan fingerprint density at radius 3 is 2.28 bits per heavy atom. The van der Waals surface area contributed by atoms with Crippen molar-refractivity contribution < 1.29 is 45.0 Å². The van der Waals surface area contributed by atoms with E-state index in [0.29, 0.717) is 13.0 Å². The van der Waals surface area contributed by atoms with Gasteiger partial charge in [-0.15, -0.1) is 0 Å². The van der Waals surface area contributed by atoms with Crippen molar-refractivity contribution in [3.8, 4) is 5.75 Å². The molecule has 0 aliphatic heterocycles. The number of sulfone groups is 1. The molecule has 0 saturated carbocycles. The molecule has 0 bridgehead atoms. The first-order valence-electron chi connectivity index (χ1n) is 13.1. The predicted molar refractivity (Wildman–Crippen MR) is 152 cm³/mol. The summed E-state index contributed by atoms with van der Waals surface area (Å²) in [7, 11) is -3.98. The summed E-state index contributed by atoms with van der Waals surface area (Å²) in [6.45, 7) is 4.46. The van der Waals surface area contributed by atoms with Crippen LogP contribution in [0.5, 0.6) is 5.75 Å². The molecule has 0 atom stereocenters. The molecule has 234 valence electrons. The molecule has 3 aromatic carbocycles. The lowest BCUT2D eigenvalue weighted by molar-refractivity contribution is -0.138. The number of halogens is 6. The largest absolute Gasteiger partial charge is 0.493 e. The number of aliphatic carboxylic acids is 1. The van der Waals surface area contributed by atoms with Crippen molar-refractivity contribution in [2.45, 2.75) is 49.7 Å². The number of hydrogen-bond acceptors (Lipinski definition) is 5. The molecule has 0 aliphatic rings. The maximum atomic E-state index is 14.7. The number of benzene rings is 3. The number of nitrogens with zero attached hydrogens (tertiary/aromatic N) is 1. The van der Waals surface area contributed by atoms with Crippen LogP contribution in [0.1, 0.15) is 42.5 Å². The van der Waals surface area contributed by atoms with Crippen LogP contribution in [0.4, 0.5) is 22.0 Å². The molecule has 0 radical (unpaired) electrons. The van der Waals surface area contributed by atoms with E-state index in [9.17, 15) is 35.2 Å². The second-order valence-corrected chi connectivity index (χ2v) is 13.2. The third-order valence-electron chi connectivity index (χ3n) is 6.77. The highest BCUT2D eigenvalue weighted by Gasteiger charge is 2.34. The van der Waals surface area contributed by atoms with E-state index in [2.05, 4.69) is 0 Å². The minimum absolute atomic E-state index is 0.0231. The fraction of sp³-hybridized carbons (Fsp3) is 0.367. The van der Waals surface area contributed by atoms with Crippen molar-refractivity contribution in [3.63, 3.8) is 0 Å². The Hall–Kier alpha value is -3.22. The van der Waals surface area contributed by atoms with E-state index in [-0.39, 0.29) is 31.0 Å². The van der Waals surface area contributed by atoms with E-state index in [1.54, 1.807) is 12.1 Å². The van der Waals surface area contributed by atoms with Crippen LogP contribution in [-0.2, 0) is 39.2 Å². The Labute approximate surface area is 252 Å². The highest BCUT2D eigenvalue weighted by atomic mass is 35.5. The number of carboxylic acid groups (broad SMARTS) is 1. The smallest absolute Gasteiger partial charge is 0.417 e. The summed E-state index contributed by atoms with van der Waals surface area (Å²) in [6.07, 6.45) is -4.34. The third kappa shape index (κ3) is 9.38. The van der Waals surface area contributed by atoms with E-state index >= 15 is 0 Å². The van der Waals surface area contributed by atoms with E-state index < -0.39 is 66.5 Å². The van der Waals surface area contributed by atoms with Crippen LogP contribution in [0.3, 0.4) is 0 Å². The van der Waals surface area contributed by atoms with Crippen molar-refractivity contribution in [2.24, 2.45) is 0 Å². The zero-order valence-electron chi connectivity index (χ0n) is 23.6. The van der Waals surface area contributed by atoms with Crippen LogP contribution >= 0.6 is 11.6 Å². The average Bonchev–Trinajstić information content (AvgIpc) is 2.87. The lowest BCUT2D eigenvalue weighted by atomic mass is 9.84. The number of alkyl halides is 3. The summed E-state index contributed by atoms with van der Waals surface area (Å²) < 4.78 is 98.6. The van der Waals surface area contributed by atoms with Gasteiger partial charge in [-0.25, -0.2) is 17.2 Å². The average molecular weight is 648 g/mol. The second kappa shape index (κ2) is 13.6. The van der Waals surface area contributed by atoms with Crippen LogP contribution < -0.4 is 4.74 Å². The van der Waals surface area contributed by atoms with Crippen LogP contribution in [0.25, 0.3) is 0 Å². The molecule has 43 heavy (non-hydrogen) atoms. The van der Waals surface area contributed by atoms with Gasteiger partial charge in [-0.1, -0.05) is 49.7 Å². The van der Waals surface area contributed by atoms with Crippen molar-refractivity contribution in [3.05, 3.63) is 93.5 Å². The first-order chi connectivity index (χ1) is 19.9. The van der Waals surface area contributed by atoms with Crippen LogP contribution in [-0.4, -0.2) is 50.3 Å². The molecule has 0 spiro atoms. The van der Waals surface area contributed by atoms with Crippen LogP contribution in [0.15, 0.2) is 59.5 Å². The van der Waals surface area contributed by atoms with Gasteiger partial charge in [-0.05, 0) is 41.8 Å². The molecule has 0 amide bonds. The topological polar surface area (TPSA) is 83.9 Å². The first-order valence-corrected chi connectivity index (χ1v) is 15.4. The standard InChI is InChI=1S/C30H31ClF5NO5S/c1-29(2,20-8-10-21(32)11-9-20)18-37(17-19-6-4-7-24(28(19)31)30(34,35)36)12-5-13-42-22-14-25(33)23(16-27(38)39)26(15-22)43(3,40)41/h4,6-11,14-15H,5,12-13,16-18H2,1-3H3,(H,38,39). The minimum atomic E-state index is -4.64. The zero-order valence-corrected chi connectivity index (χ0v) is 25.2. The number of ether oxygens (including phenoxy) is 1. The molecule has 0 aromatic heterocycles. The highest BCUT2D eigenvalue weighted by molar-refractivity contribution is 7.90. The Bertz CT molecular complexity index is 1560. The Balaban J connectivity index is 1.82. The maximum absolute atomic E-state index is 14.7. The Morgan fingerprint density at radius 1 is 1.05 bits per heavy atom. The lowest BCUT2D eigenvalue weighted by Crippen LogP contribution is -2.38. The Kier molecular flexibility index (Phi) is 10.8. The maximum Gasteiger partial charge on any atom is 0.417 e. The second-order valence-electron chi connectivity index (χ2n) is 10.8. The molecule has 0 unspecified atom stereocenters. The van der Waals surface area contributed by atoms with Gasteiger partial charge in [-0.3, -0.25) is 9.69 Å². The molecule has 0 saturated heterocycles. The summed E-state index contributed by atoms with van der Waals surface area (Å²) >= 11 is 6.16. The number of hydrogen-bond donors (Lipinski definition) is 1. The Morgan fingerprint density at radius 2 is 1.70 bits per heavy atom. The molecular formula is C30H31ClF5NO5S. The van der Waals surface area contributed by atoms with Gasteiger partial charge in [0.05, 0.1) is 28.5 Å². The zero-order chi connectivity index (χ0) is 32.2. The molecule has 3 aromatic rings. The number of carbonyl (C=O) groups is 1. The molecular weight excluding hydrogens is 617 g/mol. The van der Waals surface area contributed by atoms with Crippen molar-refractivity contribution in [1.29, 1.82) is 0 Å². The van der Waals surface area contributed by atoms with Gasteiger partial charge in [-0.2, -0.15) is 13.2 Å². The summed E-state index contributed by atoms with van der Waals surface area (Å²) in [4.78, 5) is 12.5. The third-order valence-corrected chi connectivity index (χ3v) is 8.38. The van der Waals surface area contributed by atoms with Crippen LogP contribution in [0.2, 0.25) is 5.02 Å². The van der Waals surface area contributed by atoms with Crippen molar-refractivity contribution in [2.75, 3.05) is 26.0 Å². The van der Waals surface area contributed by atoms with E-state index in [0.717, 1.165) is 30.0 Å². The quantitative estimate of drug-likeness (QED) is 0.160. The summed E-state index contributed by atoms with van der Waals surface area (Å²) in [6, 6.07) is 11.6. The predicted octanol–water partition coefficient (Wildman–Crippen LogP) is 6.92. The van der Waals surface area contributed by atoms with Crippen molar-refractivity contribution in [1.82, 2.24) is 4.90 Å². The van der Waals surface area contributed by atoms with Gasteiger partial charge < -0.3 is 9.84 Å². The number of rotatable bonds is 13. The minimum Gasteiger partial charge on any atom is -0.493 e. The molecule has 13 heteroatoms. The normalized spacial score (nSPS) is 12.5. The van der Waals surface area contributed by atoms with E-state index in [1.165, 1.54) is 24.3 Å². The van der Waals surface area contributed by atoms with E-state index in [1.807, 2.05) is 18.7 Å². The highest BCUT2D eigenvalue weighted by Crippen LogP contribution is 2.37. The number of carboxylic acids is 1. The SMILES string of the molecule is CC(C)(CN(CCCOc1cc(F)c(CC(=O)O)c(S(C)(=O)=O)c1)Cc1cccc(C(F)(F)F)c1Cl)c1ccc(F)cc1. The monoisotopic (exact) mass is 647 g/mol.